The molecule has 0 radical (unpaired) electrons. The van der Waals surface area contributed by atoms with Gasteiger partial charge in [0.15, 0.2) is 6.61 Å². The molecule has 4 rings (SSSR count). The summed E-state index contributed by atoms with van der Waals surface area (Å²) >= 11 is 5.19. The Morgan fingerprint density at radius 3 is 2.83 bits per heavy atom. The predicted molar refractivity (Wildman–Crippen MR) is 113 cm³/mol. The maximum absolute atomic E-state index is 12.3. The largest absolute Gasteiger partial charge is 0.484 e. The Morgan fingerprint density at radius 1 is 1.21 bits per heavy atom. The number of hydrogen-bond acceptors (Lipinski definition) is 5. The number of amides is 1. The number of fused-ring (bicyclic) bond motifs is 1. The molecule has 0 unspecified atom stereocenters. The van der Waals surface area contributed by atoms with Gasteiger partial charge in [0, 0.05) is 5.69 Å². The number of ether oxygens (including phenoxy) is 1. The van der Waals surface area contributed by atoms with Crippen molar-refractivity contribution >= 4 is 23.8 Å². The van der Waals surface area contributed by atoms with E-state index < -0.39 is 0 Å². The Hall–Kier alpha value is -2.93. The molecule has 0 fully saturated rings. The van der Waals surface area contributed by atoms with Crippen LogP contribution in [0.3, 0.4) is 0 Å². The molecule has 0 saturated heterocycles. The highest BCUT2D eigenvalue weighted by atomic mass is 32.1. The van der Waals surface area contributed by atoms with E-state index in [0.717, 1.165) is 29.8 Å². The zero-order valence-electron chi connectivity index (χ0n) is 16.3. The minimum Gasteiger partial charge on any atom is -0.484 e. The molecule has 3 aromatic rings. The van der Waals surface area contributed by atoms with Gasteiger partial charge in [-0.3, -0.25) is 4.79 Å². The first-order valence-corrected chi connectivity index (χ1v) is 10.2. The van der Waals surface area contributed by atoms with Crippen molar-refractivity contribution in [3.8, 4) is 5.75 Å². The normalized spacial score (nSPS) is 13.0. The highest BCUT2D eigenvalue weighted by Gasteiger charge is 2.13. The smallest absolute Gasteiger partial charge is 0.287 e. The van der Waals surface area contributed by atoms with E-state index in [-0.39, 0.29) is 23.9 Å². The molecule has 1 aliphatic carbocycles. The third-order valence-electron chi connectivity index (χ3n) is 5.04. The number of para-hydroxylation sites is 1. The summed E-state index contributed by atoms with van der Waals surface area (Å²) in [6.07, 6.45) is 4.71. The highest BCUT2D eigenvalue weighted by Crippen LogP contribution is 2.25. The van der Waals surface area contributed by atoms with Gasteiger partial charge in [0.25, 0.3) is 10.7 Å². The van der Waals surface area contributed by atoms with Crippen molar-refractivity contribution in [2.75, 3.05) is 5.32 Å². The van der Waals surface area contributed by atoms with Crippen LogP contribution in [0.5, 0.6) is 5.75 Å². The molecule has 0 spiro atoms. The van der Waals surface area contributed by atoms with Crippen LogP contribution in [0.2, 0.25) is 0 Å². The van der Waals surface area contributed by atoms with Gasteiger partial charge < -0.3 is 14.5 Å². The van der Waals surface area contributed by atoms with E-state index in [2.05, 4.69) is 22.5 Å². The van der Waals surface area contributed by atoms with Crippen molar-refractivity contribution < 1.29 is 13.9 Å². The molecule has 6 nitrogen and oxygen atoms in total. The molecule has 2 aromatic carbocycles. The Balaban J connectivity index is 1.37. The van der Waals surface area contributed by atoms with Gasteiger partial charge in [0.1, 0.15) is 12.3 Å². The zero-order valence-corrected chi connectivity index (χ0v) is 17.1. The Morgan fingerprint density at radius 2 is 2.00 bits per heavy atom. The van der Waals surface area contributed by atoms with Crippen LogP contribution in [0.4, 0.5) is 5.69 Å². The summed E-state index contributed by atoms with van der Waals surface area (Å²) in [5, 5.41) is 7.14. The number of nitrogens with zero attached hydrogens (tertiary/aromatic N) is 2. The second kappa shape index (κ2) is 8.61. The van der Waals surface area contributed by atoms with E-state index in [4.69, 9.17) is 21.4 Å². The van der Waals surface area contributed by atoms with Crippen LogP contribution in [0, 0.1) is 11.8 Å². The van der Waals surface area contributed by atoms with Gasteiger partial charge in [-0.1, -0.05) is 24.3 Å². The van der Waals surface area contributed by atoms with E-state index in [9.17, 15) is 4.79 Å². The Bertz CT molecular complexity index is 1090. The van der Waals surface area contributed by atoms with Crippen LogP contribution in [0.25, 0.3) is 0 Å². The van der Waals surface area contributed by atoms with E-state index in [1.807, 2.05) is 37.3 Å². The van der Waals surface area contributed by atoms with Crippen LogP contribution >= 0.6 is 12.2 Å². The van der Waals surface area contributed by atoms with Gasteiger partial charge in [-0.2, -0.15) is 0 Å². The summed E-state index contributed by atoms with van der Waals surface area (Å²) in [5.74, 6) is 0.917. The fraction of sp³-hybridized carbons (Fsp3) is 0.318. The molecule has 0 bridgehead atoms. The summed E-state index contributed by atoms with van der Waals surface area (Å²) in [6, 6.07) is 13.8. The maximum atomic E-state index is 12.3. The second-order valence-corrected chi connectivity index (χ2v) is 7.56. The van der Waals surface area contributed by atoms with E-state index in [1.165, 1.54) is 28.7 Å². The Labute approximate surface area is 174 Å². The summed E-state index contributed by atoms with van der Waals surface area (Å²) in [7, 11) is 0. The number of anilines is 1. The number of aromatic nitrogens is 2. The first-order valence-electron chi connectivity index (χ1n) is 9.75. The zero-order chi connectivity index (χ0) is 20.2. The number of rotatable bonds is 6. The fourth-order valence-electron chi connectivity index (χ4n) is 3.49. The molecular formula is C22H23N3O3S. The second-order valence-electron chi connectivity index (χ2n) is 7.21. The van der Waals surface area contributed by atoms with Gasteiger partial charge in [0.05, 0.1) is 0 Å². The van der Waals surface area contributed by atoms with Crippen molar-refractivity contribution in [2.24, 2.45) is 0 Å². The Kier molecular flexibility index (Phi) is 5.76. The molecular weight excluding hydrogens is 386 g/mol. The quantitative estimate of drug-likeness (QED) is 0.602. The standard InChI is InChI=1S/C22H23N3O3S/c1-15-6-2-5-9-19(15)23-20(26)13-25-22(29)28-21(24-25)14-27-18-11-10-16-7-3-4-8-17(16)12-18/h2,5-6,9-12H,3-4,7-8,13-14H2,1H3,(H,23,26). The topological polar surface area (TPSA) is 69.3 Å². The molecule has 1 aromatic heterocycles. The van der Waals surface area contributed by atoms with Gasteiger partial charge in [-0.05, 0) is 79.7 Å². The van der Waals surface area contributed by atoms with Crippen LogP contribution in [-0.4, -0.2) is 15.7 Å². The third kappa shape index (κ3) is 4.74. The minimum absolute atomic E-state index is 0.0183. The van der Waals surface area contributed by atoms with E-state index in [1.54, 1.807) is 0 Å². The first kappa shape index (κ1) is 19.4. The predicted octanol–water partition coefficient (Wildman–Crippen LogP) is 4.61. The van der Waals surface area contributed by atoms with Gasteiger partial charge in [-0.25, -0.2) is 4.68 Å². The molecule has 0 aliphatic heterocycles. The number of benzene rings is 2. The summed E-state index contributed by atoms with van der Waals surface area (Å²) in [6.45, 7) is 2.08. The third-order valence-corrected chi connectivity index (χ3v) is 5.34. The first-order chi connectivity index (χ1) is 14.1. The molecule has 29 heavy (non-hydrogen) atoms. The van der Waals surface area contributed by atoms with Crippen molar-refractivity contribution in [3.05, 3.63) is 69.9 Å². The van der Waals surface area contributed by atoms with Crippen LogP contribution in [0.15, 0.2) is 46.9 Å². The monoisotopic (exact) mass is 409 g/mol. The maximum Gasteiger partial charge on any atom is 0.287 e. The minimum atomic E-state index is -0.217. The molecule has 1 N–H and O–H groups in total. The molecule has 7 heteroatoms. The van der Waals surface area contributed by atoms with Gasteiger partial charge in [-0.15, -0.1) is 5.10 Å². The number of nitrogens with one attached hydrogen (secondary N) is 1. The average Bonchev–Trinajstić information content (AvgIpc) is 3.07. The SMILES string of the molecule is Cc1ccccc1NC(=O)Cn1nc(COc2ccc3c(c2)CCCC3)oc1=S. The molecule has 0 atom stereocenters. The van der Waals surface area contributed by atoms with Crippen molar-refractivity contribution in [2.45, 2.75) is 45.8 Å². The summed E-state index contributed by atoms with van der Waals surface area (Å²) in [4.78, 5) is 12.5. The van der Waals surface area contributed by atoms with Crippen molar-refractivity contribution in [1.29, 1.82) is 0 Å². The number of hydrogen-bond donors (Lipinski definition) is 1. The lowest BCUT2D eigenvalue weighted by Gasteiger charge is -2.16. The van der Waals surface area contributed by atoms with Gasteiger partial charge in [0.2, 0.25) is 5.91 Å². The average molecular weight is 410 g/mol. The molecule has 150 valence electrons. The van der Waals surface area contributed by atoms with Gasteiger partial charge >= 0.3 is 0 Å². The highest BCUT2D eigenvalue weighted by molar-refractivity contribution is 7.71. The molecule has 1 amide bonds. The number of carbonyl (C=O) groups is 1. The van der Waals surface area contributed by atoms with Crippen molar-refractivity contribution in [3.63, 3.8) is 0 Å². The number of carbonyl (C=O) groups excluding carboxylic acids is 1. The van der Waals surface area contributed by atoms with Crippen LogP contribution in [0.1, 0.15) is 35.4 Å². The van der Waals surface area contributed by atoms with E-state index in [0.29, 0.717) is 5.89 Å². The summed E-state index contributed by atoms with van der Waals surface area (Å²) in [5.41, 5.74) is 4.52. The van der Waals surface area contributed by atoms with Crippen molar-refractivity contribution in [1.82, 2.24) is 9.78 Å². The molecule has 0 saturated carbocycles. The molecule has 1 aliphatic rings. The lowest BCUT2D eigenvalue weighted by atomic mass is 9.92. The van der Waals surface area contributed by atoms with Crippen LogP contribution < -0.4 is 10.1 Å². The lowest BCUT2D eigenvalue weighted by molar-refractivity contribution is -0.117. The fourth-order valence-corrected chi connectivity index (χ4v) is 3.69. The summed E-state index contributed by atoms with van der Waals surface area (Å²) < 4.78 is 12.7. The van der Waals surface area contributed by atoms with Crippen LogP contribution in [-0.2, 0) is 30.8 Å². The number of aryl methyl sites for hydroxylation is 3. The molecule has 1 heterocycles. The van der Waals surface area contributed by atoms with E-state index >= 15 is 0 Å². The lowest BCUT2D eigenvalue weighted by Crippen LogP contribution is -2.20.